The minimum Gasteiger partial charge on any atom is -0.396 e. The van der Waals surface area contributed by atoms with Crippen molar-refractivity contribution in [2.75, 3.05) is 0 Å². The van der Waals surface area contributed by atoms with Gasteiger partial charge in [0.15, 0.2) is 0 Å². The zero-order valence-electron chi connectivity index (χ0n) is 8.41. The normalized spacial score (nSPS) is 14.9. The van der Waals surface area contributed by atoms with Crippen molar-refractivity contribution in [2.24, 2.45) is 5.73 Å². The van der Waals surface area contributed by atoms with E-state index in [4.69, 9.17) is 5.73 Å². The molecule has 0 radical (unpaired) electrons. The third-order valence-electron chi connectivity index (χ3n) is 1.81. The van der Waals surface area contributed by atoms with Gasteiger partial charge >= 0.3 is 5.38 Å². The number of hydrogen-bond donors (Lipinski definition) is 1. The van der Waals surface area contributed by atoms with Gasteiger partial charge in [-0.1, -0.05) is 17.7 Å². The van der Waals surface area contributed by atoms with Crippen molar-refractivity contribution < 1.29 is 13.0 Å². The van der Waals surface area contributed by atoms with Crippen LogP contribution in [0.5, 0.6) is 0 Å². The van der Waals surface area contributed by atoms with Gasteiger partial charge in [0.25, 0.3) is 0 Å². The molecular weight excluding hydrogens is 256 g/mol. The minimum atomic E-state index is -3.67. The highest BCUT2D eigenvalue weighted by Gasteiger charge is 2.29. The lowest BCUT2D eigenvalue weighted by Gasteiger charge is -2.07. The van der Waals surface area contributed by atoms with Crippen molar-refractivity contribution in [1.82, 2.24) is 0 Å². The number of hydrogen-bond acceptors (Lipinski definition) is 2. The van der Waals surface area contributed by atoms with Gasteiger partial charge in [0.1, 0.15) is 5.70 Å². The summed E-state index contributed by atoms with van der Waals surface area (Å²) in [5, 5.41) is -2.92. The first-order valence-corrected chi connectivity index (χ1v) is 5.91. The Bertz CT molecular complexity index is 425. The molecule has 16 heavy (non-hydrogen) atoms. The summed E-state index contributed by atoms with van der Waals surface area (Å²) in [6, 6.07) is 6.63. The highest BCUT2D eigenvalue weighted by Crippen LogP contribution is 2.25. The number of nitrogens with two attached hydrogens (primary N) is 1. The summed E-state index contributed by atoms with van der Waals surface area (Å²) >= 11 is 4.68. The molecule has 0 bridgehead atoms. The zero-order valence-corrected chi connectivity index (χ0v) is 9.99. The number of halogens is 3. The molecule has 6 heteroatoms. The van der Waals surface area contributed by atoms with Crippen molar-refractivity contribution in [2.45, 2.75) is 17.2 Å². The molecule has 1 atom stereocenters. The summed E-state index contributed by atoms with van der Waals surface area (Å²) in [7, 11) is -1.72. The maximum Gasteiger partial charge on any atom is 0.362 e. The van der Waals surface area contributed by atoms with Gasteiger partial charge in [0.2, 0.25) is 0 Å². The van der Waals surface area contributed by atoms with Gasteiger partial charge in [0.05, 0.1) is 10.8 Å². The van der Waals surface area contributed by atoms with Crippen LogP contribution in [0.25, 0.3) is 0 Å². The first-order chi connectivity index (χ1) is 7.30. The Morgan fingerprint density at radius 2 is 1.94 bits per heavy atom. The molecule has 1 aromatic carbocycles. The SMILES string of the molecule is Cc1ccc(S(=O)C=C(N)C(F)(F)Cl)cc1. The summed E-state index contributed by atoms with van der Waals surface area (Å²) in [6.45, 7) is 1.86. The van der Waals surface area contributed by atoms with Crippen LogP contribution in [-0.2, 0) is 10.8 Å². The molecule has 1 unspecified atom stereocenters. The van der Waals surface area contributed by atoms with E-state index in [0.29, 0.717) is 4.90 Å². The average Bonchev–Trinajstić information content (AvgIpc) is 2.17. The van der Waals surface area contributed by atoms with E-state index >= 15 is 0 Å². The molecule has 0 saturated heterocycles. The second-order valence-electron chi connectivity index (χ2n) is 3.18. The molecule has 2 N–H and O–H groups in total. The van der Waals surface area contributed by atoms with E-state index in [0.717, 1.165) is 11.0 Å². The number of alkyl halides is 3. The number of benzene rings is 1. The van der Waals surface area contributed by atoms with E-state index in [1.807, 2.05) is 6.92 Å². The molecule has 0 heterocycles. The molecule has 1 aromatic rings. The summed E-state index contributed by atoms with van der Waals surface area (Å²) < 4.78 is 36.6. The van der Waals surface area contributed by atoms with Gasteiger partial charge in [-0.05, 0) is 30.7 Å². The van der Waals surface area contributed by atoms with Crippen LogP contribution in [0.4, 0.5) is 8.78 Å². The van der Waals surface area contributed by atoms with E-state index in [9.17, 15) is 13.0 Å². The highest BCUT2D eigenvalue weighted by molar-refractivity contribution is 7.88. The fourth-order valence-electron chi connectivity index (χ4n) is 0.923. The Morgan fingerprint density at radius 1 is 1.44 bits per heavy atom. The van der Waals surface area contributed by atoms with Crippen LogP contribution in [0.1, 0.15) is 5.56 Å². The monoisotopic (exact) mass is 265 g/mol. The summed E-state index contributed by atoms with van der Waals surface area (Å²) in [4.78, 5) is 0.398. The van der Waals surface area contributed by atoms with E-state index in [2.05, 4.69) is 11.6 Å². The highest BCUT2D eigenvalue weighted by atomic mass is 35.5. The minimum absolute atomic E-state index is 0.398. The second kappa shape index (κ2) is 4.93. The van der Waals surface area contributed by atoms with Crippen molar-refractivity contribution in [3.8, 4) is 0 Å². The van der Waals surface area contributed by atoms with Crippen LogP contribution in [0, 0.1) is 6.92 Å². The zero-order chi connectivity index (χ0) is 12.3. The lowest BCUT2D eigenvalue weighted by atomic mass is 10.2. The van der Waals surface area contributed by atoms with Crippen molar-refractivity contribution >= 4 is 22.4 Å². The Kier molecular flexibility index (Phi) is 4.04. The summed E-state index contributed by atoms with van der Waals surface area (Å²) in [6.07, 6.45) is 0. The third kappa shape index (κ3) is 3.57. The molecule has 0 aromatic heterocycles. The van der Waals surface area contributed by atoms with E-state index in [1.54, 1.807) is 24.3 Å². The molecule has 2 nitrogen and oxygen atoms in total. The van der Waals surface area contributed by atoms with Crippen LogP contribution >= 0.6 is 11.6 Å². The maximum atomic E-state index is 12.5. The van der Waals surface area contributed by atoms with Gasteiger partial charge in [-0.15, -0.1) is 0 Å². The maximum absolute atomic E-state index is 12.5. The van der Waals surface area contributed by atoms with Gasteiger partial charge in [0, 0.05) is 10.3 Å². The quantitative estimate of drug-likeness (QED) is 0.854. The third-order valence-corrected chi connectivity index (χ3v) is 3.24. The van der Waals surface area contributed by atoms with Gasteiger partial charge in [-0.25, -0.2) is 4.21 Å². The van der Waals surface area contributed by atoms with Crippen LogP contribution in [-0.4, -0.2) is 9.59 Å². The Balaban J connectivity index is 2.92. The molecule has 0 aliphatic rings. The van der Waals surface area contributed by atoms with E-state index < -0.39 is 21.9 Å². The molecule has 0 aliphatic heterocycles. The average molecular weight is 266 g/mol. The lowest BCUT2D eigenvalue weighted by molar-refractivity contribution is 0.137. The predicted octanol–water partition coefficient (Wildman–Crippen LogP) is 2.73. The van der Waals surface area contributed by atoms with Gasteiger partial charge < -0.3 is 5.73 Å². The van der Waals surface area contributed by atoms with Crippen molar-refractivity contribution in [3.05, 3.63) is 40.9 Å². The molecule has 0 spiro atoms. The Labute approximate surface area is 99.6 Å². The largest absolute Gasteiger partial charge is 0.396 e. The first-order valence-electron chi connectivity index (χ1n) is 4.32. The van der Waals surface area contributed by atoms with Crippen LogP contribution in [0.15, 0.2) is 40.3 Å². The molecular formula is C10H10ClF2NOS. The predicted molar refractivity (Wildman–Crippen MR) is 60.7 cm³/mol. The molecule has 1 rings (SSSR count). The molecule has 0 amide bonds. The molecule has 0 saturated carbocycles. The van der Waals surface area contributed by atoms with Crippen LogP contribution in [0.2, 0.25) is 0 Å². The number of allylic oxidation sites excluding steroid dienone is 1. The van der Waals surface area contributed by atoms with Gasteiger partial charge in [-0.3, -0.25) is 0 Å². The van der Waals surface area contributed by atoms with E-state index in [1.165, 1.54) is 0 Å². The molecule has 0 aliphatic carbocycles. The summed E-state index contributed by atoms with van der Waals surface area (Å²) in [5.41, 5.74) is 5.08. The standard InChI is InChI=1S/C10H10ClF2NOS/c1-7-2-4-8(5-3-7)16(15)6-9(14)10(11,12)13/h2-6H,14H2,1H3. The van der Waals surface area contributed by atoms with Crippen LogP contribution < -0.4 is 5.73 Å². The first kappa shape index (κ1) is 13.1. The van der Waals surface area contributed by atoms with E-state index in [-0.39, 0.29) is 0 Å². The Morgan fingerprint density at radius 3 is 2.38 bits per heavy atom. The number of aryl methyl sites for hydroxylation is 1. The van der Waals surface area contributed by atoms with Gasteiger partial charge in [-0.2, -0.15) is 8.78 Å². The lowest BCUT2D eigenvalue weighted by Crippen LogP contribution is -2.18. The summed E-state index contributed by atoms with van der Waals surface area (Å²) in [5.74, 6) is 0. The second-order valence-corrected chi connectivity index (χ2v) is 4.96. The fourth-order valence-corrected chi connectivity index (χ4v) is 1.96. The van der Waals surface area contributed by atoms with Crippen molar-refractivity contribution in [3.63, 3.8) is 0 Å². The fraction of sp³-hybridized carbons (Fsp3) is 0.200. The topological polar surface area (TPSA) is 43.1 Å². The van der Waals surface area contributed by atoms with Crippen LogP contribution in [0.3, 0.4) is 0 Å². The smallest absolute Gasteiger partial charge is 0.362 e. The molecule has 88 valence electrons. The number of rotatable bonds is 3. The Hall–Kier alpha value is -0.940. The van der Waals surface area contributed by atoms with Crippen molar-refractivity contribution in [1.29, 1.82) is 0 Å². The molecule has 0 fully saturated rings.